The van der Waals surface area contributed by atoms with Crippen molar-refractivity contribution in [3.63, 3.8) is 0 Å². The fourth-order valence-corrected chi connectivity index (χ4v) is 63.9. The summed E-state index contributed by atoms with van der Waals surface area (Å²) in [4.78, 5) is 0. The Kier molecular flexibility index (Phi) is 8.25. The second-order valence-electron chi connectivity index (χ2n) is 19.5. The van der Waals surface area contributed by atoms with E-state index < -0.39 is 15.1 Å². The first kappa shape index (κ1) is 36.4. The molecule has 1 heteroatoms. The van der Waals surface area contributed by atoms with Gasteiger partial charge in [-0.25, -0.2) is 0 Å². The van der Waals surface area contributed by atoms with Crippen LogP contribution in [0.3, 0.4) is 0 Å². The van der Waals surface area contributed by atoms with Crippen molar-refractivity contribution in [2.75, 3.05) is 0 Å². The molecule has 2 aliphatic carbocycles. The van der Waals surface area contributed by atoms with Gasteiger partial charge in [0.1, 0.15) is 0 Å². The first-order chi connectivity index (χ1) is 24.6. The van der Waals surface area contributed by atoms with Crippen molar-refractivity contribution in [1.29, 1.82) is 0 Å². The van der Waals surface area contributed by atoms with Crippen molar-refractivity contribution in [1.82, 2.24) is 0 Å². The van der Waals surface area contributed by atoms with E-state index in [2.05, 4.69) is 200 Å². The Labute approximate surface area is 308 Å². The summed E-state index contributed by atoms with van der Waals surface area (Å²) in [6, 6.07) is 49.6. The molecule has 2 aliphatic rings. The van der Waals surface area contributed by atoms with Crippen LogP contribution in [-0.4, -0.2) is 4.26 Å². The van der Waals surface area contributed by atoms with Crippen molar-refractivity contribution in [2.45, 2.75) is 81.4 Å². The summed E-state index contributed by atoms with van der Waals surface area (Å²) >= 11 is -6.63. The molecular weight excluding hydrogens is 791 g/mol. The summed E-state index contributed by atoms with van der Waals surface area (Å²) in [6.45, 7) is 18.6. The molecule has 0 bridgehead atoms. The molecule has 7 rings (SSSR count). The summed E-state index contributed by atoms with van der Waals surface area (Å²) in [5.41, 5.74) is 11.1. The van der Waals surface area contributed by atoms with Crippen LogP contribution in [0.1, 0.15) is 91.4 Å². The van der Waals surface area contributed by atoms with E-state index >= 15 is 0 Å². The number of fused-ring (bicyclic) bond motifs is 3. The average molecular weight is 850 g/mol. The zero-order valence-corrected chi connectivity index (χ0v) is 36.1. The number of hydrogen-bond acceptors (Lipinski definition) is 0. The standard InChI is InChI=1S/C21H25.2C7H7.C6H5.C5H5.C4H7.CH2.Hf/c1-20(2,3)16-7-9-18-14(12-16)11-15-13-17(21(4,5)6)8-10-19(15)18;2*1-7-5-3-2-4-6-7;1-2-4-6-5-3-1;1-2-4-5-3-1;1-3-4-2;;/h7-13H,1-6H3;2*2-6H,1H2;1-5H;1-3H,4H2;3H,1-2,4H2;1H2;. The van der Waals surface area contributed by atoms with E-state index in [0.29, 0.717) is 0 Å². The molecule has 0 saturated carbocycles. The van der Waals surface area contributed by atoms with Crippen LogP contribution in [0.2, 0.25) is 4.18 Å². The van der Waals surface area contributed by atoms with Gasteiger partial charge in [0.15, 0.2) is 0 Å². The Bertz CT molecular complexity index is 2240. The van der Waals surface area contributed by atoms with Crippen LogP contribution >= 0.6 is 0 Å². The van der Waals surface area contributed by atoms with E-state index in [9.17, 15) is 0 Å². The molecule has 266 valence electrons. The second kappa shape index (κ2) is 11.8. The molecule has 5 aromatic carbocycles. The predicted molar refractivity (Wildman–Crippen MR) is 226 cm³/mol. The van der Waals surface area contributed by atoms with Crippen LogP contribution in [0.4, 0.5) is 0 Å². The van der Waals surface area contributed by atoms with E-state index in [4.69, 9.17) is 4.26 Å². The van der Waals surface area contributed by atoms with Crippen molar-refractivity contribution < 1.29 is 15.1 Å². The summed E-state index contributed by atoms with van der Waals surface area (Å²) in [5, 5.41) is 0. The van der Waals surface area contributed by atoms with Gasteiger partial charge in [0.05, 0.1) is 0 Å². The van der Waals surface area contributed by atoms with E-state index in [0.717, 1.165) is 25.4 Å². The zero-order chi connectivity index (χ0) is 36.9. The van der Waals surface area contributed by atoms with Gasteiger partial charge in [0.25, 0.3) is 0 Å². The summed E-state index contributed by atoms with van der Waals surface area (Å²) in [7, 11) is 0. The van der Waals surface area contributed by atoms with Crippen LogP contribution in [0, 0.1) is 0 Å². The number of allylic oxidation sites excluding steroid dienone is 5. The van der Waals surface area contributed by atoms with Crippen molar-refractivity contribution in [3.8, 4) is 11.1 Å². The molecular formula is C51H58Hf. The molecule has 0 amide bonds. The van der Waals surface area contributed by atoms with Crippen LogP contribution < -0.4 is 3.32 Å². The molecule has 0 fully saturated rings. The maximum atomic E-state index is 6.45. The second-order valence-corrected chi connectivity index (χ2v) is 60.1. The summed E-state index contributed by atoms with van der Waals surface area (Å²) in [5.74, 6) is 0. The molecule has 0 aliphatic heterocycles. The molecule has 0 radical (unpaired) electrons. The summed E-state index contributed by atoms with van der Waals surface area (Å²) < 4.78 is 12.3. The minimum atomic E-state index is -6.63. The molecule has 0 saturated heterocycles. The number of rotatable bonds is 10. The van der Waals surface area contributed by atoms with Gasteiger partial charge in [0, 0.05) is 0 Å². The topological polar surface area (TPSA) is 0 Å². The first-order valence-corrected chi connectivity index (χ1v) is 35.3. The fourth-order valence-electron chi connectivity index (χ4n) is 11.8. The Morgan fingerprint density at radius 2 is 1.10 bits per heavy atom. The van der Waals surface area contributed by atoms with Crippen molar-refractivity contribution in [3.05, 3.63) is 195 Å². The van der Waals surface area contributed by atoms with Gasteiger partial charge < -0.3 is 0 Å². The van der Waals surface area contributed by atoms with Gasteiger partial charge in [-0.05, 0) is 0 Å². The first-order valence-electron chi connectivity index (χ1n) is 19.5. The number of benzene rings is 5. The van der Waals surface area contributed by atoms with Crippen LogP contribution in [0.15, 0.2) is 162 Å². The third-order valence-corrected chi connectivity index (χ3v) is 64.3. The van der Waals surface area contributed by atoms with Crippen molar-refractivity contribution >= 4 is 7.58 Å². The average Bonchev–Trinajstić information content (AvgIpc) is 3.81. The molecule has 0 spiro atoms. The van der Waals surface area contributed by atoms with E-state index in [1.54, 1.807) is 3.33 Å². The Hall–Kier alpha value is -3.94. The Morgan fingerprint density at radius 3 is 1.50 bits per heavy atom. The van der Waals surface area contributed by atoms with Gasteiger partial charge in [-0.2, -0.15) is 0 Å². The van der Waals surface area contributed by atoms with E-state index in [1.807, 2.05) is 0 Å². The number of hydrogen-bond donors (Lipinski definition) is 0. The predicted octanol–water partition coefficient (Wildman–Crippen LogP) is 13.1. The fraction of sp³-hybridized carbons (Fsp3) is 0.275. The Balaban J connectivity index is 1.85. The zero-order valence-electron chi connectivity index (χ0n) is 32.5. The van der Waals surface area contributed by atoms with Gasteiger partial charge in [-0.3, -0.25) is 0 Å². The third kappa shape index (κ3) is 4.98. The van der Waals surface area contributed by atoms with E-state index in [-0.39, 0.29) is 14.5 Å². The molecule has 0 aromatic heterocycles. The Morgan fingerprint density at radius 1 is 0.635 bits per heavy atom. The normalized spacial score (nSPS) is 16.6. The molecule has 52 heavy (non-hydrogen) atoms. The van der Waals surface area contributed by atoms with Crippen molar-refractivity contribution in [2.24, 2.45) is 0 Å². The molecule has 0 nitrogen and oxygen atoms in total. The molecule has 5 aromatic rings. The maximum absolute atomic E-state index is 6.63. The van der Waals surface area contributed by atoms with E-state index in [1.165, 1.54) is 47.8 Å². The molecule has 0 N–H and O–H groups in total. The molecule has 0 unspecified atom stereocenters. The quantitative estimate of drug-likeness (QED) is 0.0970. The van der Waals surface area contributed by atoms with Crippen LogP contribution in [0.5, 0.6) is 0 Å². The van der Waals surface area contributed by atoms with Gasteiger partial charge in [-0.15, -0.1) is 0 Å². The van der Waals surface area contributed by atoms with Crippen LogP contribution in [0.25, 0.3) is 11.1 Å². The third-order valence-electron chi connectivity index (χ3n) is 14.5. The SMILES string of the molecule is C=CC[CH2][Hf](=[CH2])([CH2]c1ccccc1)([CH2]c1ccccc1)([C]1=CC=CC1)([c]1ccccc1)[CH]1c2cc(C(C)(C)C)ccc2-c2ccc(C(C)(C)C)cc21. The minimum absolute atomic E-state index is 0.0165. The summed E-state index contributed by atoms with van der Waals surface area (Å²) in [6.07, 6.45) is 11.3. The van der Waals surface area contributed by atoms with Gasteiger partial charge >= 0.3 is 310 Å². The molecule has 0 atom stereocenters. The van der Waals surface area contributed by atoms with Crippen LogP contribution in [-0.2, 0) is 34.3 Å². The van der Waals surface area contributed by atoms with Gasteiger partial charge in [0.2, 0.25) is 0 Å². The van der Waals surface area contributed by atoms with Gasteiger partial charge in [-0.1, -0.05) is 0 Å². The monoisotopic (exact) mass is 850 g/mol. The molecule has 0 heterocycles.